The van der Waals surface area contributed by atoms with Gasteiger partial charge in [-0.2, -0.15) is 0 Å². The van der Waals surface area contributed by atoms with Gasteiger partial charge in [-0.1, -0.05) is 51.1 Å². The van der Waals surface area contributed by atoms with Crippen LogP contribution >= 0.6 is 0 Å². The lowest BCUT2D eigenvalue weighted by molar-refractivity contribution is -0.132. The first-order chi connectivity index (χ1) is 17.1. The maximum atomic E-state index is 13.4. The van der Waals surface area contributed by atoms with Gasteiger partial charge in [-0.05, 0) is 52.9 Å². The van der Waals surface area contributed by atoms with Gasteiger partial charge in [0, 0.05) is 0 Å². The lowest BCUT2D eigenvalue weighted by Gasteiger charge is -2.26. The van der Waals surface area contributed by atoms with E-state index in [1.54, 1.807) is 54.6 Å². The molecular weight excluding hydrogens is 458 g/mol. The van der Waals surface area contributed by atoms with E-state index < -0.39 is 17.7 Å². The number of aromatic hydroxyl groups is 1. The van der Waals surface area contributed by atoms with Gasteiger partial charge in [0.25, 0.3) is 11.7 Å². The molecule has 1 aliphatic rings. The van der Waals surface area contributed by atoms with Crippen LogP contribution in [0.4, 0.5) is 5.69 Å². The zero-order valence-electron chi connectivity index (χ0n) is 20.9. The van der Waals surface area contributed by atoms with Crippen molar-refractivity contribution in [2.75, 3.05) is 19.1 Å². The summed E-state index contributed by atoms with van der Waals surface area (Å²) in [7, 11) is 3.02. The molecule has 0 bridgehead atoms. The highest BCUT2D eigenvalue weighted by atomic mass is 16.5. The number of rotatable bonds is 5. The summed E-state index contributed by atoms with van der Waals surface area (Å²) in [5.74, 6) is -1.27. The quantitative estimate of drug-likeness (QED) is 0.287. The van der Waals surface area contributed by atoms with Gasteiger partial charge in [0.2, 0.25) is 0 Å². The summed E-state index contributed by atoms with van der Waals surface area (Å²) < 4.78 is 10.8. The van der Waals surface area contributed by atoms with Crippen molar-refractivity contribution in [3.63, 3.8) is 0 Å². The van der Waals surface area contributed by atoms with E-state index >= 15 is 0 Å². The van der Waals surface area contributed by atoms with Gasteiger partial charge in [-0.3, -0.25) is 14.5 Å². The average molecular weight is 488 g/mol. The van der Waals surface area contributed by atoms with Crippen molar-refractivity contribution in [3.05, 3.63) is 89.0 Å². The first-order valence-corrected chi connectivity index (χ1v) is 11.5. The third kappa shape index (κ3) is 4.28. The summed E-state index contributed by atoms with van der Waals surface area (Å²) in [6.07, 6.45) is 0. The number of aliphatic hydroxyl groups is 1. The fraction of sp³-hybridized carbons (Fsp3) is 0.241. The Labute approximate surface area is 210 Å². The SMILES string of the molecule is COc1ccc(C2/C(=C(\O)c3cc(C(C)(C)C)ccc3OC)C(=O)C(=O)N2c2ccccc2O)cc1. The van der Waals surface area contributed by atoms with Crippen molar-refractivity contribution in [2.45, 2.75) is 32.2 Å². The van der Waals surface area contributed by atoms with Crippen LogP contribution in [0.1, 0.15) is 43.5 Å². The number of Topliss-reactive ketones (excluding diaryl/α,β-unsaturated/α-hetero) is 1. The molecule has 7 nitrogen and oxygen atoms in total. The molecule has 3 aromatic rings. The first kappa shape index (κ1) is 24.9. The number of hydrogen-bond acceptors (Lipinski definition) is 6. The van der Waals surface area contributed by atoms with Crippen LogP contribution in [-0.2, 0) is 15.0 Å². The van der Waals surface area contributed by atoms with E-state index in [0.717, 1.165) is 5.56 Å². The van der Waals surface area contributed by atoms with E-state index in [1.165, 1.54) is 25.2 Å². The summed E-state index contributed by atoms with van der Waals surface area (Å²) in [6.45, 7) is 6.10. The largest absolute Gasteiger partial charge is 0.507 e. The zero-order chi connectivity index (χ0) is 26.2. The first-order valence-electron chi connectivity index (χ1n) is 11.5. The maximum Gasteiger partial charge on any atom is 0.300 e. The van der Waals surface area contributed by atoms with Crippen LogP contribution in [0.5, 0.6) is 17.2 Å². The molecule has 2 N–H and O–H groups in total. The topological polar surface area (TPSA) is 96.3 Å². The third-order valence-electron chi connectivity index (χ3n) is 6.34. The Kier molecular flexibility index (Phi) is 6.50. The Morgan fingerprint density at radius 3 is 2.17 bits per heavy atom. The van der Waals surface area contributed by atoms with Crippen molar-refractivity contribution in [2.24, 2.45) is 0 Å². The smallest absolute Gasteiger partial charge is 0.300 e. The molecule has 0 radical (unpaired) electrons. The van der Waals surface area contributed by atoms with E-state index in [-0.39, 0.29) is 28.2 Å². The number of benzene rings is 3. The second-order valence-electron chi connectivity index (χ2n) is 9.60. The monoisotopic (exact) mass is 487 g/mol. The number of methoxy groups -OCH3 is 2. The molecule has 186 valence electrons. The normalized spacial score (nSPS) is 17.4. The van der Waals surface area contributed by atoms with Gasteiger partial charge in [-0.25, -0.2) is 0 Å². The number of para-hydroxylation sites is 2. The Morgan fingerprint density at radius 2 is 1.58 bits per heavy atom. The second-order valence-corrected chi connectivity index (χ2v) is 9.60. The predicted molar refractivity (Wildman–Crippen MR) is 138 cm³/mol. The Bertz CT molecular complexity index is 1350. The molecule has 4 rings (SSSR count). The zero-order valence-corrected chi connectivity index (χ0v) is 20.9. The van der Waals surface area contributed by atoms with Gasteiger partial charge >= 0.3 is 0 Å². The molecule has 0 spiro atoms. The minimum Gasteiger partial charge on any atom is -0.507 e. The van der Waals surface area contributed by atoms with E-state index in [1.807, 2.05) is 26.8 Å². The molecule has 1 saturated heterocycles. The number of nitrogens with zero attached hydrogens (tertiary/aromatic N) is 1. The minimum atomic E-state index is -0.993. The molecule has 1 heterocycles. The van der Waals surface area contributed by atoms with Gasteiger partial charge in [0.05, 0.1) is 37.1 Å². The Balaban J connectivity index is 2.00. The summed E-state index contributed by atoms with van der Waals surface area (Å²) in [4.78, 5) is 28.0. The van der Waals surface area contributed by atoms with E-state index in [2.05, 4.69) is 0 Å². The number of carbonyl (C=O) groups is 2. The number of ether oxygens (including phenoxy) is 2. The second kappa shape index (κ2) is 9.41. The number of hydrogen-bond donors (Lipinski definition) is 2. The average Bonchev–Trinajstić information content (AvgIpc) is 3.13. The van der Waals surface area contributed by atoms with Crippen LogP contribution in [0.2, 0.25) is 0 Å². The maximum absolute atomic E-state index is 13.4. The Hall–Kier alpha value is -4.26. The molecule has 1 fully saturated rings. The molecule has 1 aliphatic heterocycles. The lowest BCUT2D eigenvalue weighted by Crippen LogP contribution is -2.29. The van der Waals surface area contributed by atoms with Crippen LogP contribution in [0.3, 0.4) is 0 Å². The summed E-state index contributed by atoms with van der Waals surface area (Å²) in [5.41, 5.74) is 1.61. The highest BCUT2D eigenvalue weighted by molar-refractivity contribution is 6.52. The number of aliphatic hydroxyl groups excluding tert-OH is 1. The molecule has 36 heavy (non-hydrogen) atoms. The van der Waals surface area contributed by atoms with Crippen LogP contribution < -0.4 is 14.4 Å². The molecule has 1 amide bonds. The lowest BCUT2D eigenvalue weighted by atomic mass is 9.85. The van der Waals surface area contributed by atoms with Gasteiger partial charge in [-0.15, -0.1) is 0 Å². The third-order valence-corrected chi connectivity index (χ3v) is 6.34. The number of phenols is 1. The fourth-order valence-corrected chi connectivity index (χ4v) is 4.36. The molecule has 1 unspecified atom stereocenters. The standard InChI is InChI=1S/C29H29NO6/c1-29(2,3)18-12-15-23(36-5)20(16-18)26(32)24-25(17-10-13-19(35-4)14-11-17)30(28(34)27(24)33)21-8-6-7-9-22(21)31/h6-16,25,31-32H,1-5H3/b26-24+. The number of anilines is 1. The van der Waals surface area contributed by atoms with Gasteiger partial charge in [0.1, 0.15) is 23.0 Å². The van der Waals surface area contributed by atoms with Crippen molar-refractivity contribution in [1.82, 2.24) is 0 Å². The van der Waals surface area contributed by atoms with E-state index in [0.29, 0.717) is 22.6 Å². The summed E-state index contributed by atoms with van der Waals surface area (Å²) >= 11 is 0. The van der Waals surface area contributed by atoms with Crippen LogP contribution in [0.25, 0.3) is 5.76 Å². The van der Waals surface area contributed by atoms with Crippen LogP contribution in [0, 0.1) is 0 Å². The van der Waals surface area contributed by atoms with Gasteiger partial charge in [0.15, 0.2) is 0 Å². The number of phenolic OH excluding ortho intramolecular Hbond substituents is 1. The van der Waals surface area contributed by atoms with E-state index in [9.17, 15) is 19.8 Å². The van der Waals surface area contributed by atoms with E-state index in [4.69, 9.17) is 9.47 Å². The molecule has 1 atom stereocenters. The highest BCUT2D eigenvalue weighted by Gasteiger charge is 2.48. The molecule has 0 saturated carbocycles. The van der Waals surface area contributed by atoms with Crippen molar-refractivity contribution in [1.29, 1.82) is 0 Å². The van der Waals surface area contributed by atoms with Crippen molar-refractivity contribution < 1.29 is 29.3 Å². The van der Waals surface area contributed by atoms with Crippen molar-refractivity contribution in [3.8, 4) is 17.2 Å². The number of amides is 1. The molecule has 7 heteroatoms. The fourth-order valence-electron chi connectivity index (χ4n) is 4.36. The Morgan fingerprint density at radius 1 is 0.917 bits per heavy atom. The molecule has 3 aromatic carbocycles. The minimum absolute atomic E-state index is 0.0993. The summed E-state index contributed by atoms with van der Waals surface area (Å²) in [6, 6.07) is 17.6. The predicted octanol–water partition coefficient (Wildman–Crippen LogP) is 5.33. The van der Waals surface area contributed by atoms with Crippen LogP contribution in [-0.4, -0.2) is 36.1 Å². The highest BCUT2D eigenvalue weighted by Crippen LogP contribution is 2.46. The number of carbonyl (C=O) groups excluding carboxylic acids is 2. The molecule has 0 aliphatic carbocycles. The van der Waals surface area contributed by atoms with Crippen molar-refractivity contribution >= 4 is 23.1 Å². The van der Waals surface area contributed by atoms with Crippen LogP contribution in [0.15, 0.2) is 72.3 Å². The summed E-state index contributed by atoms with van der Waals surface area (Å²) in [5, 5.41) is 22.1. The molecule has 0 aromatic heterocycles. The van der Waals surface area contributed by atoms with Gasteiger partial charge < -0.3 is 19.7 Å². The molecular formula is C29H29NO6. The number of ketones is 1.